The lowest BCUT2D eigenvalue weighted by Gasteiger charge is -2.35. The van der Waals surface area contributed by atoms with E-state index in [1.165, 1.54) is 6.42 Å². The molecule has 1 aliphatic rings. The van der Waals surface area contributed by atoms with Gasteiger partial charge in [0.05, 0.1) is 0 Å². The maximum absolute atomic E-state index is 10.5. The minimum Gasteiger partial charge on any atom is -0.480 e. The fraction of sp³-hybridized carbons (Fsp3) is 0.909. The number of likely N-dealkylation sites (tertiary alicyclic amines) is 1. The van der Waals surface area contributed by atoms with Crippen molar-refractivity contribution in [3.05, 3.63) is 0 Å². The molecule has 1 fully saturated rings. The molecular formula is C11H22N2O2. The summed E-state index contributed by atoms with van der Waals surface area (Å²) in [6.45, 7) is 7.51. The van der Waals surface area contributed by atoms with E-state index in [0.717, 1.165) is 25.6 Å². The zero-order chi connectivity index (χ0) is 11.4. The Hall–Kier alpha value is -0.610. The molecule has 1 heterocycles. The average Bonchev–Trinajstić information content (AvgIpc) is 2.19. The molecule has 1 rings (SSSR count). The second kappa shape index (κ2) is 5.47. The highest BCUT2D eigenvalue weighted by Gasteiger charge is 2.23. The van der Waals surface area contributed by atoms with Gasteiger partial charge in [-0.25, -0.2) is 0 Å². The molecule has 88 valence electrons. The van der Waals surface area contributed by atoms with Crippen LogP contribution >= 0.6 is 0 Å². The van der Waals surface area contributed by atoms with Crippen LogP contribution in [0.2, 0.25) is 0 Å². The molecule has 0 bridgehead atoms. The second-order valence-corrected chi connectivity index (χ2v) is 4.78. The fourth-order valence-electron chi connectivity index (χ4n) is 2.00. The van der Waals surface area contributed by atoms with E-state index < -0.39 is 12.0 Å². The molecule has 4 heteroatoms. The van der Waals surface area contributed by atoms with Crippen LogP contribution in [0.4, 0.5) is 0 Å². The van der Waals surface area contributed by atoms with Crippen LogP contribution in [0.25, 0.3) is 0 Å². The van der Waals surface area contributed by atoms with Gasteiger partial charge in [0.1, 0.15) is 6.04 Å². The smallest absolute Gasteiger partial charge is 0.320 e. The van der Waals surface area contributed by atoms with Crippen molar-refractivity contribution in [3.8, 4) is 0 Å². The highest BCUT2D eigenvalue weighted by molar-refractivity contribution is 5.72. The Kier molecular flexibility index (Phi) is 4.54. The molecule has 0 spiro atoms. The highest BCUT2D eigenvalue weighted by Crippen LogP contribution is 2.22. The Morgan fingerprint density at radius 1 is 1.53 bits per heavy atom. The van der Waals surface area contributed by atoms with Gasteiger partial charge < -0.3 is 15.7 Å². The van der Waals surface area contributed by atoms with Crippen molar-refractivity contribution >= 4 is 5.97 Å². The minimum atomic E-state index is -0.895. The third kappa shape index (κ3) is 3.80. The summed E-state index contributed by atoms with van der Waals surface area (Å²) in [6.07, 6.45) is 1.76. The Labute approximate surface area is 91.4 Å². The van der Waals surface area contributed by atoms with E-state index >= 15 is 0 Å². The molecule has 0 radical (unpaired) electrons. The molecule has 1 aliphatic heterocycles. The van der Waals surface area contributed by atoms with E-state index in [2.05, 4.69) is 18.7 Å². The molecule has 0 aliphatic carbocycles. The number of carboxylic acids is 1. The molecule has 4 nitrogen and oxygen atoms in total. The van der Waals surface area contributed by atoms with Crippen LogP contribution in [0.5, 0.6) is 0 Å². The van der Waals surface area contributed by atoms with Gasteiger partial charge >= 0.3 is 5.97 Å². The third-order valence-corrected chi connectivity index (χ3v) is 3.49. The van der Waals surface area contributed by atoms with Crippen LogP contribution in [0.15, 0.2) is 0 Å². The van der Waals surface area contributed by atoms with Crippen molar-refractivity contribution in [2.75, 3.05) is 19.6 Å². The van der Waals surface area contributed by atoms with E-state index in [1.54, 1.807) is 0 Å². The average molecular weight is 214 g/mol. The van der Waals surface area contributed by atoms with Crippen LogP contribution in [-0.4, -0.2) is 41.7 Å². The van der Waals surface area contributed by atoms with E-state index in [-0.39, 0.29) is 0 Å². The maximum atomic E-state index is 10.5. The van der Waals surface area contributed by atoms with Crippen molar-refractivity contribution in [2.24, 2.45) is 17.6 Å². The van der Waals surface area contributed by atoms with Crippen molar-refractivity contribution < 1.29 is 9.90 Å². The number of rotatable bonds is 4. The number of nitrogens with two attached hydrogens (primary N) is 1. The van der Waals surface area contributed by atoms with E-state index in [9.17, 15) is 4.79 Å². The van der Waals surface area contributed by atoms with Crippen molar-refractivity contribution in [3.63, 3.8) is 0 Å². The topological polar surface area (TPSA) is 66.6 Å². The van der Waals surface area contributed by atoms with Gasteiger partial charge in [-0.2, -0.15) is 0 Å². The molecule has 15 heavy (non-hydrogen) atoms. The second-order valence-electron chi connectivity index (χ2n) is 4.78. The lowest BCUT2D eigenvalue weighted by Crippen LogP contribution is -2.41. The lowest BCUT2D eigenvalue weighted by atomic mass is 9.88. The Bertz CT molecular complexity index is 221. The zero-order valence-corrected chi connectivity index (χ0v) is 9.65. The number of piperidine rings is 1. The van der Waals surface area contributed by atoms with Gasteiger partial charge in [-0.15, -0.1) is 0 Å². The Morgan fingerprint density at radius 3 is 2.73 bits per heavy atom. The van der Waals surface area contributed by atoms with Crippen LogP contribution in [0.1, 0.15) is 26.7 Å². The fourth-order valence-corrected chi connectivity index (χ4v) is 2.00. The predicted octanol–water partition coefficient (Wildman–Crippen LogP) is 0.766. The van der Waals surface area contributed by atoms with Crippen molar-refractivity contribution in [1.82, 2.24) is 4.90 Å². The largest absolute Gasteiger partial charge is 0.480 e. The van der Waals surface area contributed by atoms with Gasteiger partial charge in [0.15, 0.2) is 0 Å². The number of carbonyl (C=O) groups is 1. The van der Waals surface area contributed by atoms with Gasteiger partial charge in [-0.3, -0.25) is 4.79 Å². The van der Waals surface area contributed by atoms with Gasteiger partial charge in [-0.1, -0.05) is 13.8 Å². The minimum absolute atomic E-state index is 0.552. The van der Waals surface area contributed by atoms with E-state index in [0.29, 0.717) is 12.3 Å². The summed E-state index contributed by atoms with van der Waals surface area (Å²) in [6, 6.07) is -0.709. The molecule has 0 aromatic heterocycles. The van der Waals surface area contributed by atoms with Crippen LogP contribution in [0, 0.1) is 11.8 Å². The molecule has 3 N–H and O–H groups in total. The van der Waals surface area contributed by atoms with Crippen molar-refractivity contribution in [2.45, 2.75) is 32.7 Å². The summed E-state index contributed by atoms with van der Waals surface area (Å²) in [5, 5.41) is 8.66. The number of hydrogen-bond donors (Lipinski definition) is 2. The van der Waals surface area contributed by atoms with Gasteiger partial charge in [0.25, 0.3) is 0 Å². The highest BCUT2D eigenvalue weighted by atomic mass is 16.4. The molecule has 0 saturated carbocycles. The molecular weight excluding hydrogens is 192 g/mol. The standard InChI is InChI=1S/C11H22N2O2/c1-8-3-5-13(7-9(8)2)6-4-10(12)11(14)15/h8-10H,3-7,12H2,1-2H3,(H,14,15). The summed E-state index contributed by atoms with van der Waals surface area (Å²) in [5.74, 6) is 0.600. The maximum Gasteiger partial charge on any atom is 0.320 e. The SMILES string of the molecule is CC1CCN(CCC(N)C(=O)O)CC1C. The normalized spacial score (nSPS) is 30.1. The van der Waals surface area contributed by atoms with Crippen LogP contribution in [0.3, 0.4) is 0 Å². The summed E-state index contributed by atoms with van der Waals surface area (Å²) in [4.78, 5) is 12.9. The third-order valence-electron chi connectivity index (χ3n) is 3.49. The molecule has 0 aromatic rings. The first-order valence-corrected chi connectivity index (χ1v) is 5.71. The first-order valence-electron chi connectivity index (χ1n) is 5.71. The molecule has 3 unspecified atom stereocenters. The van der Waals surface area contributed by atoms with Crippen LogP contribution < -0.4 is 5.73 Å². The Morgan fingerprint density at radius 2 is 2.20 bits per heavy atom. The molecule has 0 amide bonds. The monoisotopic (exact) mass is 214 g/mol. The predicted molar refractivity (Wildman–Crippen MR) is 59.6 cm³/mol. The lowest BCUT2D eigenvalue weighted by molar-refractivity contribution is -0.138. The van der Waals surface area contributed by atoms with E-state index in [1.807, 2.05) is 0 Å². The number of nitrogens with zero attached hydrogens (tertiary/aromatic N) is 1. The van der Waals surface area contributed by atoms with Crippen LogP contribution in [-0.2, 0) is 4.79 Å². The van der Waals surface area contributed by atoms with Gasteiger partial charge in [-0.05, 0) is 31.2 Å². The quantitative estimate of drug-likeness (QED) is 0.725. The molecule has 1 saturated heterocycles. The Balaban J connectivity index is 2.25. The number of hydrogen-bond acceptors (Lipinski definition) is 3. The molecule has 3 atom stereocenters. The molecule has 0 aromatic carbocycles. The van der Waals surface area contributed by atoms with Gasteiger partial charge in [0, 0.05) is 13.1 Å². The van der Waals surface area contributed by atoms with E-state index in [4.69, 9.17) is 10.8 Å². The van der Waals surface area contributed by atoms with Crippen molar-refractivity contribution in [1.29, 1.82) is 0 Å². The summed E-state index contributed by atoms with van der Waals surface area (Å²) in [5.41, 5.74) is 5.47. The van der Waals surface area contributed by atoms with Gasteiger partial charge in [0.2, 0.25) is 0 Å². The zero-order valence-electron chi connectivity index (χ0n) is 9.65. The number of carboxylic acid groups (broad SMARTS) is 1. The summed E-state index contributed by atoms with van der Waals surface area (Å²) in [7, 11) is 0. The first kappa shape index (κ1) is 12.5. The summed E-state index contributed by atoms with van der Waals surface area (Å²) < 4.78 is 0. The summed E-state index contributed by atoms with van der Waals surface area (Å²) >= 11 is 0. The number of aliphatic carboxylic acids is 1. The first-order chi connectivity index (χ1) is 7.00.